The summed E-state index contributed by atoms with van der Waals surface area (Å²) in [5.41, 5.74) is -1.31. The van der Waals surface area contributed by atoms with Gasteiger partial charge in [-0.3, -0.25) is 0 Å². The van der Waals surface area contributed by atoms with Crippen molar-refractivity contribution >= 4 is 11.6 Å². The molecule has 1 nitrogen and oxygen atoms in total. The normalized spacial score (nSPS) is 27.6. The third-order valence-electron chi connectivity index (χ3n) is 3.82. The predicted octanol–water partition coefficient (Wildman–Crippen LogP) is 4.51. The van der Waals surface area contributed by atoms with E-state index in [0.717, 1.165) is 6.07 Å². The molecule has 0 saturated heterocycles. The van der Waals surface area contributed by atoms with Gasteiger partial charge in [-0.2, -0.15) is 13.2 Å². The van der Waals surface area contributed by atoms with Crippen LogP contribution in [0.4, 0.5) is 17.6 Å². The molecule has 1 aromatic rings. The van der Waals surface area contributed by atoms with E-state index in [2.05, 4.69) is 0 Å². The molecule has 0 spiro atoms. The van der Waals surface area contributed by atoms with Crippen molar-refractivity contribution in [3.8, 4) is 0 Å². The van der Waals surface area contributed by atoms with Crippen LogP contribution in [0.1, 0.15) is 31.2 Å². The summed E-state index contributed by atoms with van der Waals surface area (Å²) in [6.07, 6.45) is -4.25. The van der Waals surface area contributed by atoms with Crippen molar-refractivity contribution in [2.75, 3.05) is 0 Å². The van der Waals surface area contributed by atoms with Crippen LogP contribution >= 0.6 is 11.6 Å². The van der Waals surface area contributed by atoms with Gasteiger partial charge in [0, 0.05) is 11.4 Å². The maximum absolute atomic E-state index is 13.7. The number of alkyl halides is 3. The Bertz CT molecular complexity index is 489. The summed E-state index contributed by atoms with van der Waals surface area (Å²) in [5.74, 6) is -2.11. The van der Waals surface area contributed by atoms with Gasteiger partial charge < -0.3 is 5.11 Å². The smallest absolute Gasteiger partial charge is 0.390 e. The number of aliphatic hydroxyl groups is 1. The minimum absolute atomic E-state index is 0.0227. The highest BCUT2D eigenvalue weighted by molar-refractivity contribution is 6.30. The fourth-order valence-corrected chi connectivity index (χ4v) is 2.96. The zero-order valence-electron chi connectivity index (χ0n) is 10.7. The monoisotopic (exact) mass is 310 g/mol. The minimum atomic E-state index is -4.31. The van der Waals surface area contributed by atoms with Crippen LogP contribution in [0.2, 0.25) is 5.02 Å². The summed E-state index contributed by atoms with van der Waals surface area (Å²) in [5, 5.41) is 10.6. The van der Waals surface area contributed by atoms with E-state index in [1.165, 1.54) is 12.1 Å². The van der Waals surface area contributed by atoms with Gasteiger partial charge in [-0.15, -0.1) is 0 Å². The molecule has 0 radical (unpaired) electrons. The Labute approximate surface area is 119 Å². The van der Waals surface area contributed by atoms with E-state index in [0.29, 0.717) is 0 Å². The Morgan fingerprint density at radius 2 is 2.05 bits per heavy atom. The lowest BCUT2D eigenvalue weighted by Crippen LogP contribution is -2.42. The molecule has 20 heavy (non-hydrogen) atoms. The Morgan fingerprint density at radius 1 is 1.35 bits per heavy atom. The second-order valence-electron chi connectivity index (χ2n) is 5.47. The number of rotatable bonds is 2. The van der Waals surface area contributed by atoms with Crippen LogP contribution in [-0.4, -0.2) is 16.9 Å². The SMILES string of the molecule is OC1(Cc2ccc(Cl)cc2F)CCCC(C(F)(F)F)C1. The van der Waals surface area contributed by atoms with Gasteiger partial charge in [0.2, 0.25) is 0 Å². The first-order chi connectivity index (χ1) is 9.20. The van der Waals surface area contributed by atoms with Crippen LogP contribution in [0.5, 0.6) is 0 Å². The highest BCUT2D eigenvalue weighted by Gasteiger charge is 2.47. The Morgan fingerprint density at radius 3 is 2.65 bits per heavy atom. The molecule has 112 valence electrons. The number of halogens is 5. The molecule has 0 heterocycles. The minimum Gasteiger partial charge on any atom is -0.390 e. The molecular formula is C14H15ClF4O. The van der Waals surface area contributed by atoms with Crippen LogP contribution < -0.4 is 0 Å². The van der Waals surface area contributed by atoms with Crippen molar-refractivity contribution < 1.29 is 22.7 Å². The first-order valence-electron chi connectivity index (χ1n) is 6.43. The van der Waals surface area contributed by atoms with Crippen molar-refractivity contribution in [2.45, 2.75) is 43.9 Å². The molecule has 2 rings (SSSR count). The molecule has 1 aromatic carbocycles. The first-order valence-corrected chi connectivity index (χ1v) is 6.80. The second kappa shape index (κ2) is 5.53. The molecule has 1 N–H and O–H groups in total. The molecule has 0 amide bonds. The molecule has 2 atom stereocenters. The fraction of sp³-hybridized carbons (Fsp3) is 0.571. The molecule has 2 unspecified atom stereocenters. The van der Waals surface area contributed by atoms with E-state index in [-0.39, 0.29) is 42.7 Å². The summed E-state index contributed by atoms with van der Waals surface area (Å²) in [6.45, 7) is 0. The quantitative estimate of drug-likeness (QED) is 0.797. The van der Waals surface area contributed by atoms with Crippen molar-refractivity contribution in [2.24, 2.45) is 5.92 Å². The number of hydrogen-bond acceptors (Lipinski definition) is 1. The van der Waals surface area contributed by atoms with E-state index in [9.17, 15) is 22.7 Å². The van der Waals surface area contributed by atoms with E-state index >= 15 is 0 Å². The van der Waals surface area contributed by atoms with Gasteiger partial charge in [0.1, 0.15) is 5.82 Å². The van der Waals surface area contributed by atoms with Crippen molar-refractivity contribution in [3.63, 3.8) is 0 Å². The molecule has 1 aliphatic carbocycles. The van der Waals surface area contributed by atoms with Gasteiger partial charge in [-0.05, 0) is 43.4 Å². The molecule has 1 aliphatic rings. The molecule has 1 saturated carbocycles. The Hall–Kier alpha value is -0.810. The summed E-state index contributed by atoms with van der Waals surface area (Å²) < 4.78 is 51.9. The van der Waals surface area contributed by atoms with Gasteiger partial charge in [-0.25, -0.2) is 4.39 Å². The highest BCUT2D eigenvalue weighted by Crippen LogP contribution is 2.43. The largest absolute Gasteiger partial charge is 0.391 e. The van der Waals surface area contributed by atoms with Crippen LogP contribution in [-0.2, 0) is 6.42 Å². The third-order valence-corrected chi connectivity index (χ3v) is 4.05. The molecule has 6 heteroatoms. The lowest BCUT2D eigenvalue weighted by Gasteiger charge is -2.37. The van der Waals surface area contributed by atoms with E-state index in [1.54, 1.807) is 0 Å². The van der Waals surface area contributed by atoms with Crippen LogP contribution in [0.15, 0.2) is 18.2 Å². The molecule has 0 aromatic heterocycles. The maximum atomic E-state index is 13.7. The van der Waals surface area contributed by atoms with Crippen LogP contribution in [0, 0.1) is 11.7 Å². The summed E-state index contributed by atoms with van der Waals surface area (Å²) in [6, 6.07) is 3.98. The standard InChI is InChI=1S/C14H15ClF4O/c15-11-4-3-9(12(16)6-11)7-13(20)5-1-2-10(8-13)14(17,18)19/h3-4,6,10,20H,1-2,5,7-8H2. The zero-order valence-corrected chi connectivity index (χ0v) is 11.4. The highest BCUT2D eigenvalue weighted by atomic mass is 35.5. The van der Waals surface area contributed by atoms with Gasteiger partial charge in [-0.1, -0.05) is 17.7 Å². The number of hydrogen-bond donors (Lipinski definition) is 1. The molecule has 0 bridgehead atoms. The lowest BCUT2D eigenvalue weighted by atomic mass is 9.75. The second-order valence-corrected chi connectivity index (χ2v) is 5.91. The molecular weight excluding hydrogens is 296 g/mol. The van der Waals surface area contributed by atoms with Crippen LogP contribution in [0.3, 0.4) is 0 Å². The van der Waals surface area contributed by atoms with Crippen molar-refractivity contribution in [3.05, 3.63) is 34.6 Å². The van der Waals surface area contributed by atoms with Crippen LogP contribution in [0.25, 0.3) is 0 Å². The summed E-state index contributed by atoms with van der Waals surface area (Å²) in [4.78, 5) is 0. The van der Waals surface area contributed by atoms with Gasteiger partial charge >= 0.3 is 6.18 Å². The topological polar surface area (TPSA) is 20.2 Å². The Balaban J connectivity index is 2.14. The zero-order chi connectivity index (χ0) is 15.0. The van der Waals surface area contributed by atoms with Crippen molar-refractivity contribution in [1.82, 2.24) is 0 Å². The van der Waals surface area contributed by atoms with E-state index < -0.39 is 23.5 Å². The Kier molecular flexibility index (Phi) is 4.30. The van der Waals surface area contributed by atoms with Gasteiger partial charge in [0.25, 0.3) is 0 Å². The van der Waals surface area contributed by atoms with Crippen molar-refractivity contribution in [1.29, 1.82) is 0 Å². The van der Waals surface area contributed by atoms with Gasteiger partial charge in [0.15, 0.2) is 0 Å². The average Bonchev–Trinajstić information content (AvgIpc) is 2.32. The third kappa shape index (κ3) is 3.64. The molecule has 0 aliphatic heterocycles. The van der Waals surface area contributed by atoms with E-state index in [1.807, 2.05) is 0 Å². The summed E-state index contributed by atoms with van der Waals surface area (Å²) >= 11 is 5.63. The van der Waals surface area contributed by atoms with Gasteiger partial charge in [0.05, 0.1) is 11.5 Å². The predicted molar refractivity (Wildman–Crippen MR) is 68.1 cm³/mol. The fourth-order valence-electron chi connectivity index (χ4n) is 2.80. The number of benzene rings is 1. The molecule has 1 fully saturated rings. The maximum Gasteiger partial charge on any atom is 0.391 e. The van der Waals surface area contributed by atoms with E-state index in [4.69, 9.17) is 11.6 Å². The first kappa shape index (κ1) is 15.6. The summed E-state index contributed by atoms with van der Waals surface area (Å²) in [7, 11) is 0. The average molecular weight is 311 g/mol. The lowest BCUT2D eigenvalue weighted by molar-refractivity contribution is -0.200.